The van der Waals surface area contributed by atoms with E-state index in [9.17, 15) is 26.3 Å². The van der Waals surface area contributed by atoms with Gasteiger partial charge in [0.25, 0.3) is 5.88 Å². The third-order valence-corrected chi connectivity index (χ3v) is 4.79. The van der Waals surface area contributed by atoms with Gasteiger partial charge >= 0.3 is 11.6 Å². The standard InChI is InChI=1S/C16H10ClF6N5O/c17-15(19,20)13-27-26-11-6-24-10(7-28(11)13)8-4-9(18)12(25-5-8)29-14(2-1-3-14)16(21,22)23/h4-7H,1-3H2. The molecule has 4 rings (SSSR count). The fourth-order valence-electron chi connectivity index (χ4n) is 2.91. The zero-order chi connectivity index (χ0) is 21.0. The van der Waals surface area contributed by atoms with E-state index in [4.69, 9.17) is 16.3 Å². The van der Waals surface area contributed by atoms with Crippen LogP contribution in [0.5, 0.6) is 5.88 Å². The Labute approximate surface area is 163 Å². The van der Waals surface area contributed by atoms with Crippen molar-refractivity contribution in [1.82, 2.24) is 24.6 Å². The predicted molar refractivity (Wildman–Crippen MR) is 87.0 cm³/mol. The molecule has 0 bridgehead atoms. The summed E-state index contributed by atoms with van der Waals surface area (Å²) in [5.41, 5.74) is -2.48. The Hall–Kier alpha value is -2.63. The average molecular weight is 438 g/mol. The normalized spacial score (nSPS) is 16.7. The van der Waals surface area contributed by atoms with Gasteiger partial charge in [0, 0.05) is 18.0 Å². The minimum Gasteiger partial charge on any atom is -0.459 e. The quantitative estimate of drug-likeness (QED) is 0.445. The highest BCUT2D eigenvalue weighted by atomic mass is 35.5. The second kappa shape index (κ2) is 6.44. The molecule has 6 nitrogen and oxygen atoms in total. The van der Waals surface area contributed by atoms with Gasteiger partial charge in [-0.2, -0.15) is 22.0 Å². The van der Waals surface area contributed by atoms with Crippen LogP contribution in [0.25, 0.3) is 16.9 Å². The Morgan fingerprint density at radius 1 is 1.07 bits per heavy atom. The Kier molecular flexibility index (Phi) is 4.37. The average Bonchev–Trinajstić information content (AvgIpc) is 3.01. The van der Waals surface area contributed by atoms with Gasteiger partial charge in [0.15, 0.2) is 11.5 Å². The van der Waals surface area contributed by atoms with Gasteiger partial charge in [-0.25, -0.2) is 9.37 Å². The summed E-state index contributed by atoms with van der Waals surface area (Å²) >= 11 is 4.98. The van der Waals surface area contributed by atoms with E-state index in [1.54, 1.807) is 0 Å². The van der Waals surface area contributed by atoms with Gasteiger partial charge in [0.2, 0.25) is 11.4 Å². The largest absolute Gasteiger partial charge is 0.459 e. The molecule has 3 aromatic heterocycles. The highest BCUT2D eigenvalue weighted by molar-refractivity contribution is 6.21. The summed E-state index contributed by atoms with van der Waals surface area (Å²) in [5, 5.41) is 2.98. The fraction of sp³-hybridized carbons (Fsp3) is 0.375. The van der Waals surface area contributed by atoms with Crippen molar-refractivity contribution in [1.29, 1.82) is 0 Å². The molecule has 0 amide bonds. The maximum atomic E-state index is 14.4. The number of pyridine rings is 1. The molecule has 0 atom stereocenters. The minimum atomic E-state index is -4.66. The molecule has 0 aliphatic heterocycles. The first-order valence-corrected chi connectivity index (χ1v) is 8.58. The fourth-order valence-corrected chi connectivity index (χ4v) is 3.04. The Morgan fingerprint density at radius 2 is 1.79 bits per heavy atom. The molecule has 1 saturated carbocycles. The number of rotatable bonds is 4. The number of fused-ring (bicyclic) bond motifs is 1. The highest BCUT2D eigenvalue weighted by Crippen LogP contribution is 2.48. The lowest BCUT2D eigenvalue weighted by Crippen LogP contribution is -2.55. The van der Waals surface area contributed by atoms with Gasteiger partial charge in [-0.05, 0) is 36.9 Å². The molecule has 1 aliphatic rings. The van der Waals surface area contributed by atoms with Crippen molar-refractivity contribution in [2.24, 2.45) is 0 Å². The molecule has 0 saturated heterocycles. The lowest BCUT2D eigenvalue weighted by molar-refractivity contribution is -0.275. The first-order chi connectivity index (χ1) is 13.5. The lowest BCUT2D eigenvalue weighted by Gasteiger charge is -2.42. The molecule has 0 radical (unpaired) electrons. The second-order valence-electron chi connectivity index (χ2n) is 6.48. The van der Waals surface area contributed by atoms with Crippen molar-refractivity contribution in [2.75, 3.05) is 0 Å². The molecule has 29 heavy (non-hydrogen) atoms. The predicted octanol–water partition coefficient (Wildman–Crippen LogP) is 4.48. The molecule has 0 N–H and O–H groups in total. The molecule has 13 heteroatoms. The molecule has 1 fully saturated rings. The Balaban J connectivity index is 1.68. The van der Waals surface area contributed by atoms with Crippen LogP contribution in [0.2, 0.25) is 0 Å². The molecular weight excluding hydrogens is 428 g/mol. The zero-order valence-electron chi connectivity index (χ0n) is 14.2. The number of halogens is 7. The molecule has 3 heterocycles. The Bertz CT molecular complexity index is 1080. The number of alkyl halides is 6. The topological polar surface area (TPSA) is 65.2 Å². The van der Waals surface area contributed by atoms with Crippen molar-refractivity contribution in [2.45, 2.75) is 36.4 Å². The smallest absolute Gasteiger partial charge is 0.428 e. The minimum absolute atomic E-state index is 0.00778. The first kappa shape index (κ1) is 19.7. The van der Waals surface area contributed by atoms with E-state index < -0.39 is 34.7 Å². The summed E-state index contributed by atoms with van der Waals surface area (Å²) in [5.74, 6) is -2.82. The van der Waals surface area contributed by atoms with Gasteiger partial charge in [-0.3, -0.25) is 9.38 Å². The van der Waals surface area contributed by atoms with Crippen LogP contribution in [-0.4, -0.2) is 36.3 Å². The molecule has 1 aliphatic carbocycles. The van der Waals surface area contributed by atoms with E-state index in [2.05, 4.69) is 20.2 Å². The number of hydrogen-bond donors (Lipinski definition) is 0. The number of aromatic nitrogens is 5. The van der Waals surface area contributed by atoms with Crippen LogP contribution in [0, 0.1) is 5.82 Å². The highest BCUT2D eigenvalue weighted by Gasteiger charge is 2.61. The molecule has 3 aromatic rings. The maximum absolute atomic E-state index is 14.4. The van der Waals surface area contributed by atoms with Crippen molar-refractivity contribution < 1.29 is 31.1 Å². The van der Waals surface area contributed by atoms with Crippen molar-refractivity contribution >= 4 is 17.2 Å². The van der Waals surface area contributed by atoms with Crippen LogP contribution >= 0.6 is 11.6 Å². The Morgan fingerprint density at radius 3 is 2.34 bits per heavy atom. The van der Waals surface area contributed by atoms with Crippen molar-refractivity contribution in [3.05, 3.63) is 36.3 Å². The van der Waals surface area contributed by atoms with Crippen molar-refractivity contribution in [3.8, 4) is 17.1 Å². The van der Waals surface area contributed by atoms with E-state index in [1.807, 2.05) is 0 Å². The summed E-state index contributed by atoms with van der Waals surface area (Å²) in [7, 11) is 0. The van der Waals surface area contributed by atoms with Gasteiger partial charge < -0.3 is 4.74 Å². The number of ether oxygens (including phenoxy) is 1. The van der Waals surface area contributed by atoms with E-state index in [-0.39, 0.29) is 29.7 Å². The van der Waals surface area contributed by atoms with Crippen LogP contribution in [0.1, 0.15) is 25.1 Å². The van der Waals surface area contributed by atoms with Gasteiger partial charge in [0.1, 0.15) is 0 Å². The molecular formula is C16H10ClF6N5O. The van der Waals surface area contributed by atoms with Crippen LogP contribution in [-0.2, 0) is 5.38 Å². The van der Waals surface area contributed by atoms with E-state index >= 15 is 0 Å². The third kappa shape index (κ3) is 3.34. The second-order valence-corrected chi connectivity index (χ2v) is 6.96. The molecule has 0 spiro atoms. The van der Waals surface area contributed by atoms with Crippen LogP contribution in [0.4, 0.5) is 26.3 Å². The SMILES string of the molecule is Fc1cc(-c2cn3c(C(F)(F)Cl)nnc3cn2)cnc1OC1(C(F)(F)F)CCC1. The van der Waals surface area contributed by atoms with Crippen LogP contribution in [0.3, 0.4) is 0 Å². The summed E-state index contributed by atoms with van der Waals surface area (Å²) < 4.78 is 86.5. The number of hydrogen-bond acceptors (Lipinski definition) is 5. The zero-order valence-corrected chi connectivity index (χ0v) is 15.0. The van der Waals surface area contributed by atoms with Crippen molar-refractivity contribution in [3.63, 3.8) is 0 Å². The van der Waals surface area contributed by atoms with E-state index in [0.29, 0.717) is 6.42 Å². The third-order valence-electron chi connectivity index (χ3n) is 4.62. The summed E-state index contributed by atoms with van der Waals surface area (Å²) in [6, 6.07) is 0.849. The lowest BCUT2D eigenvalue weighted by atomic mass is 9.79. The first-order valence-electron chi connectivity index (χ1n) is 8.20. The van der Waals surface area contributed by atoms with E-state index in [0.717, 1.165) is 29.1 Å². The number of nitrogens with zero attached hydrogens (tertiary/aromatic N) is 5. The summed E-state index contributed by atoms with van der Waals surface area (Å²) in [4.78, 5) is 7.57. The monoisotopic (exact) mass is 437 g/mol. The summed E-state index contributed by atoms with van der Waals surface area (Å²) in [6.07, 6.45) is -1.73. The van der Waals surface area contributed by atoms with Gasteiger partial charge in [-0.1, -0.05) is 0 Å². The van der Waals surface area contributed by atoms with Crippen LogP contribution in [0.15, 0.2) is 24.7 Å². The van der Waals surface area contributed by atoms with E-state index in [1.165, 1.54) is 0 Å². The van der Waals surface area contributed by atoms with Gasteiger partial charge in [-0.15, -0.1) is 10.2 Å². The maximum Gasteiger partial charge on any atom is 0.428 e. The molecule has 154 valence electrons. The van der Waals surface area contributed by atoms with Gasteiger partial charge in [0.05, 0.1) is 11.9 Å². The van der Waals surface area contributed by atoms with Crippen LogP contribution < -0.4 is 4.74 Å². The molecule has 0 aromatic carbocycles. The molecule has 0 unspecified atom stereocenters. The summed E-state index contributed by atoms with van der Waals surface area (Å²) in [6.45, 7) is 0.